The van der Waals surface area contributed by atoms with Crippen LogP contribution in [0.1, 0.15) is 27.4 Å². The summed E-state index contributed by atoms with van der Waals surface area (Å²) in [4.78, 5) is 12.9. The molecule has 2 aliphatic rings. The smallest absolute Gasteiger partial charge is 0.173 e. The molecule has 0 N–H and O–H groups in total. The number of Topliss-reactive ketones (excluding diaryl/α,β-unsaturated/α-hetero) is 1. The van der Waals surface area contributed by atoms with E-state index in [9.17, 15) is 4.79 Å². The van der Waals surface area contributed by atoms with Crippen LogP contribution in [0, 0.1) is 0 Å². The molecule has 0 radical (unpaired) electrons. The van der Waals surface area contributed by atoms with Crippen LogP contribution in [0.25, 0.3) is 0 Å². The highest BCUT2D eigenvalue weighted by molar-refractivity contribution is 8.20. The molecule has 1 nitrogen and oxygen atoms in total. The zero-order valence-electron chi connectivity index (χ0n) is 10.9. The van der Waals surface area contributed by atoms with E-state index in [2.05, 4.69) is 24.3 Å². The highest BCUT2D eigenvalue weighted by Crippen LogP contribution is 2.64. The molecule has 20 heavy (non-hydrogen) atoms. The van der Waals surface area contributed by atoms with Gasteiger partial charge in [-0.3, -0.25) is 4.79 Å². The molecule has 1 heterocycles. The summed E-state index contributed by atoms with van der Waals surface area (Å²) in [5.41, 5.74) is 3.30. The lowest BCUT2D eigenvalue weighted by Crippen LogP contribution is -2.23. The Kier molecular flexibility index (Phi) is 2.93. The summed E-state index contributed by atoms with van der Waals surface area (Å²) in [6.07, 6.45) is 0. The molecule has 2 aromatic rings. The number of hydrogen-bond acceptors (Lipinski definition) is 3. The number of fused-ring (bicyclic) bond motifs is 2. The van der Waals surface area contributed by atoms with E-state index in [0.29, 0.717) is 0 Å². The molecule has 1 saturated heterocycles. The fourth-order valence-electron chi connectivity index (χ4n) is 3.25. The first-order chi connectivity index (χ1) is 9.83. The Morgan fingerprint density at radius 1 is 0.900 bits per heavy atom. The first-order valence-corrected chi connectivity index (χ1v) is 8.76. The van der Waals surface area contributed by atoms with Gasteiger partial charge in [-0.05, 0) is 11.1 Å². The van der Waals surface area contributed by atoms with Crippen LogP contribution in [0.3, 0.4) is 0 Å². The summed E-state index contributed by atoms with van der Waals surface area (Å²) >= 11 is 3.89. The predicted molar refractivity (Wildman–Crippen MR) is 86.5 cm³/mol. The lowest BCUT2D eigenvalue weighted by molar-refractivity contribution is 0.0969. The molecule has 0 aromatic heterocycles. The second kappa shape index (κ2) is 4.68. The van der Waals surface area contributed by atoms with E-state index in [4.69, 9.17) is 0 Å². The van der Waals surface area contributed by atoms with Crippen molar-refractivity contribution in [2.45, 2.75) is 10.00 Å². The van der Waals surface area contributed by atoms with Crippen LogP contribution in [-0.2, 0) is 4.08 Å². The van der Waals surface area contributed by atoms with E-state index >= 15 is 0 Å². The molecule has 1 aliphatic carbocycles. The third kappa shape index (κ3) is 1.63. The Hall–Kier alpha value is -1.19. The summed E-state index contributed by atoms with van der Waals surface area (Å²) in [7, 11) is 0. The van der Waals surface area contributed by atoms with Gasteiger partial charge in [-0.15, -0.1) is 23.5 Å². The molecular formula is C17H14OS2. The van der Waals surface area contributed by atoms with Gasteiger partial charge in [-0.2, -0.15) is 0 Å². The maximum atomic E-state index is 12.9. The molecule has 1 aliphatic heterocycles. The molecule has 0 amide bonds. The van der Waals surface area contributed by atoms with Gasteiger partial charge in [0.1, 0.15) is 4.08 Å². The molecule has 1 unspecified atom stereocenters. The van der Waals surface area contributed by atoms with Gasteiger partial charge in [0.2, 0.25) is 0 Å². The van der Waals surface area contributed by atoms with E-state index in [1.807, 2.05) is 53.9 Å². The summed E-state index contributed by atoms with van der Waals surface area (Å²) in [5.74, 6) is 2.48. The summed E-state index contributed by atoms with van der Waals surface area (Å²) in [6.45, 7) is 0. The number of carbonyl (C=O) groups is 1. The predicted octanol–water partition coefficient (Wildman–Crippen LogP) is 4.30. The zero-order valence-corrected chi connectivity index (χ0v) is 12.5. The monoisotopic (exact) mass is 298 g/mol. The molecule has 0 bridgehead atoms. The Bertz CT molecular complexity index is 660. The standard InChI is InChI=1S/C17H14OS2/c18-16-13-8-4-5-9-14(13)17(19-10-11-20-17)15(16)12-6-2-1-3-7-12/h1-9,15H,10-11H2. The van der Waals surface area contributed by atoms with Gasteiger partial charge in [0.05, 0.1) is 5.92 Å². The maximum absolute atomic E-state index is 12.9. The highest BCUT2D eigenvalue weighted by atomic mass is 32.2. The summed E-state index contributed by atoms with van der Waals surface area (Å²) in [5, 5.41) is 0. The van der Waals surface area contributed by atoms with Crippen LogP contribution in [0.4, 0.5) is 0 Å². The second-order valence-corrected chi connectivity index (χ2v) is 8.06. The topological polar surface area (TPSA) is 17.1 Å². The number of hydrogen-bond donors (Lipinski definition) is 0. The van der Waals surface area contributed by atoms with E-state index < -0.39 is 0 Å². The number of thioether (sulfide) groups is 2. The minimum absolute atomic E-state index is 0.0430. The molecule has 3 heteroatoms. The summed E-state index contributed by atoms with van der Waals surface area (Å²) in [6, 6.07) is 18.4. The van der Waals surface area contributed by atoms with Crippen LogP contribution in [0.5, 0.6) is 0 Å². The quantitative estimate of drug-likeness (QED) is 0.781. The Balaban J connectivity index is 1.94. The molecule has 1 atom stereocenters. The van der Waals surface area contributed by atoms with Gasteiger partial charge in [0.15, 0.2) is 5.78 Å². The van der Waals surface area contributed by atoms with Crippen molar-refractivity contribution in [1.29, 1.82) is 0 Å². The van der Waals surface area contributed by atoms with Crippen molar-refractivity contribution in [2.75, 3.05) is 11.5 Å². The molecule has 2 aromatic carbocycles. The largest absolute Gasteiger partial charge is 0.293 e. The van der Waals surface area contributed by atoms with Gasteiger partial charge in [0, 0.05) is 17.1 Å². The van der Waals surface area contributed by atoms with Gasteiger partial charge < -0.3 is 0 Å². The number of carbonyl (C=O) groups excluding carboxylic acids is 1. The Morgan fingerprint density at radius 2 is 1.55 bits per heavy atom. The van der Waals surface area contributed by atoms with Gasteiger partial charge in [-0.25, -0.2) is 0 Å². The van der Waals surface area contributed by atoms with Crippen LogP contribution < -0.4 is 0 Å². The van der Waals surface area contributed by atoms with Gasteiger partial charge >= 0.3 is 0 Å². The number of rotatable bonds is 1. The minimum atomic E-state index is -0.102. The molecular weight excluding hydrogens is 284 g/mol. The van der Waals surface area contributed by atoms with Crippen molar-refractivity contribution in [3.05, 3.63) is 71.3 Å². The van der Waals surface area contributed by atoms with E-state index in [1.54, 1.807) is 0 Å². The van der Waals surface area contributed by atoms with Crippen LogP contribution in [-0.4, -0.2) is 17.3 Å². The maximum Gasteiger partial charge on any atom is 0.173 e. The Labute approximate surface area is 127 Å². The summed E-state index contributed by atoms with van der Waals surface area (Å²) < 4.78 is -0.102. The molecule has 1 spiro atoms. The molecule has 100 valence electrons. The van der Waals surface area contributed by atoms with Crippen LogP contribution in [0.2, 0.25) is 0 Å². The van der Waals surface area contributed by atoms with Crippen molar-refractivity contribution in [2.24, 2.45) is 0 Å². The van der Waals surface area contributed by atoms with Crippen LogP contribution >= 0.6 is 23.5 Å². The van der Waals surface area contributed by atoms with Gasteiger partial charge in [-0.1, -0.05) is 54.6 Å². The highest BCUT2D eigenvalue weighted by Gasteiger charge is 2.55. The molecule has 0 saturated carbocycles. The fraction of sp³-hybridized carbons (Fsp3) is 0.235. The van der Waals surface area contributed by atoms with Crippen molar-refractivity contribution in [1.82, 2.24) is 0 Å². The average molecular weight is 298 g/mol. The number of ketones is 1. The zero-order chi connectivity index (χ0) is 13.6. The third-order valence-corrected chi connectivity index (χ3v) is 7.61. The fourth-order valence-corrected chi connectivity index (χ4v) is 6.85. The first-order valence-electron chi connectivity index (χ1n) is 6.79. The first kappa shape index (κ1) is 12.5. The van der Waals surface area contributed by atoms with E-state index in [0.717, 1.165) is 22.6 Å². The molecule has 4 rings (SSSR count). The molecule has 1 fully saturated rings. The average Bonchev–Trinajstić information content (AvgIpc) is 3.07. The lowest BCUT2D eigenvalue weighted by Gasteiger charge is -2.29. The second-order valence-electron chi connectivity index (χ2n) is 5.12. The normalized spacial score (nSPS) is 23.2. The lowest BCUT2D eigenvalue weighted by atomic mass is 9.94. The SMILES string of the molecule is O=C1c2ccccc2C2(SCCS2)C1c1ccccc1. The van der Waals surface area contributed by atoms with E-state index in [1.165, 1.54) is 5.56 Å². The van der Waals surface area contributed by atoms with E-state index in [-0.39, 0.29) is 15.8 Å². The minimum Gasteiger partial charge on any atom is -0.293 e. The number of benzene rings is 2. The van der Waals surface area contributed by atoms with Crippen molar-refractivity contribution in [3.63, 3.8) is 0 Å². The van der Waals surface area contributed by atoms with Crippen molar-refractivity contribution >= 4 is 29.3 Å². The van der Waals surface area contributed by atoms with Crippen molar-refractivity contribution < 1.29 is 4.79 Å². The Morgan fingerprint density at radius 3 is 2.30 bits per heavy atom. The van der Waals surface area contributed by atoms with Crippen molar-refractivity contribution in [3.8, 4) is 0 Å². The van der Waals surface area contributed by atoms with Gasteiger partial charge in [0.25, 0.3) is 0 Å². The van der Waals surface area contributed by atoms with Crippen LogP contribution in [0.15, 0.2) is 54.6 Å². The third-order valence-electron chi connectivity index (χ3n) is 4.06.